The molecule has 2 rings (SSSR count). The van der Waals surface area contributed by atoms with Gasteiger partial charge in [0.25, 0.3) is 0 Å². The summed E-state index contributed by atoms with van der Waals surface area (Å²) in [6, 6.07) is 3.15. The van der Waals surface area contributed by atoms with Gasteiger partial charge >= 0.3 is 0 Å². The van der Waals surface area contributed by atoms with Crippen molar-refractivity contribution in [3.05, 3.63) is 36.2 Å². The van der Waals surface area contributed by atoms with Crippen LogP contribution in [0, 0.1) is 5.82 Å². The molecule has 3 nitrogen and oxygen atoms in total. The van der Waals surface area contributed by atoms with Crippen molar-refractivity contribution >= 4 is 5.52 Å². The molecule has 0 aliphatic carbocycles. The van der Waals surface area contributed by atoms with Crippen molar-refractivity contribution in [2.45, 2.75) is 12.8 Å². The quantitative estimate of drug-likeness (QED) is 0.799. The van der Waals surface area contributed by atoms with Crippen molar-refractivity contribution in [2.24, 2.45) is 5.73 Å². The van der Waals surface area contributed by atoms with Crippen molar-refractivity contribution in [3.63, 3.8) is 0 Å². The van der Waals surface area contributed by atoms with Crippen LogP contribution in [0.2, 0.25) is 0 Å². The Kier molecular flexibility index (Phi) is 2.45. The van der Waals surface area contributed by atoms with Gasteiger partial charge < -0.3 is 10.1 Å². The first-order chi connectivity index (χ1) is 6.81. The van der Waals surface area contributed by atoms with Gasteiger partial charge in [-0.3, -0.25) is 0 Å². The van der Waals surface area contributed by atoms with Gasteiger partial charge in [-0.25, -0.2) is 9.37 Å². The highest BCUT2D eigenvalue weighted by Gasteiger charge is 2.03. The van der Waals surface area contributed by atoms with Crippen molar-refractivity contribution in [1.29, 1.82) is 0 Å². The lowest BCUT2D eigenvalue weighted by atomic mass is 10.3. The van der Waals surface area contributed by atoms with E-state index in [0.717, 1.165) is 24.2 Å². The summed E-state index contributed by atoms with van der Waals surface area (Å²) in [6.45, 7) is 0.629. The fraction of sp³-hybridized carbons (Fsp3) is 0.300. The molecular weight excluding hydrogens is 181 g/mol. The third-order valence-corrected chi connectivity index (χ3v) is 2.17. The van der Waals surface area contributed by atoms with Gasteiger partial charge in [-0.2, -0.15) is 0 Å². The van der Waals surface area contributed by atoms with Crippen LogP contribution >= 0.6 is 0 Å². The van der Waals surface area contributed by atoms with Gasteiger partial charge in [0.15, 0.2) is 0 Å². The fourth-order valence-corrected chi connectivity index (χ4v) is 1.46. The zero-order valence-corrected chi connectivity index (χ0v) is 7.78. The lowest BCUT2D eigenvalue weighted by Crippen LogP contribution is -2.03. The van der Waals surface area contributed by atoms with Gasteiger partial charge in [0.05, 0.1) is 11.7 Å². The van der Waals surface area contributed by atoms with Crippen LogP contribution in [-0.2, 0) is 6.42 Å². The molecule has 2 aromatic heterocycles. The molecule has 0 atom stereocenters. The van der Waals surface area contributed by atoms with E-state index in [4.69, 9.17) is 5.73 Å². The number of halogens is 1. The van der Waals surface area contributed by atoms with Gasteiger partial charge in [-0.1, -0.05) is 0 Å². The van der Waals surface area contributed by atoms with Crippen LogP contribution in [0.25, 0.3) is 5.52 Å². The Hall–Kier alpha value is -1.42. The van der Waals surface area contributed by atoms with Crippen molar-refractivity contribution in [3.8, 4) is 0 Å². The summed E-state index contributed by atoms with van der Waals surface area (Å²) < 4.78 is 14.7. The molecule has 2 heterocycles. The smallest absolute Gasteiger partial charge is 0.139 e. The Balaban J connectivity index is 2.40. The second-order valence-electron chi connectivity index (χ2n) is 3.21. The lowest BCUT2D eigenvalue weighted by molar-refractivity contribution is 0.616. The molecule has 0 radical (unpaired) electrons. The van der Waals surface area contributed by atoms with Gasteiger partial charge in [0.1, 0.15) is 11.6 Å². The highest BCUT2D eigenvalue weighted by molar-refractivity contribution is 5.45. The third kappa shape index (κ3) is 1.61. The molecule has 0 bridgehead atoms. The van der Waals surface area contributed by atoms with Crippen LogP contribution in [-0.4, -0.2) is 15.9 Å². The minimum atomic E-state index is -0.246. The van der Waals surface area contributed by atoms with E-state index in [1.54, 1.807) is 16.7 Å². The minimum Gasteiger partial charge on any atom is -0.330 e. The van der Waals surface area contributed by atoms with E-state index in [-0.39, 0.29) is 5.82 Å². The maximum Gasteiger partial charge on any atom is 0.139 e. The number of rotatable bonds is 3. The first-order valence-electron chi connectivity index (χ1n) is 4.63. The van der Waals surface area contributed by atoms with Gasteiger partial charge in [0.2, 0.25) is 0 Å². The normalized spacial score (nSPS) is 11.0. The Bertz CT molecular complexity index is 436. The second-order valence-corrected chi connectivity index (χ2v) is 3.21. The molecule has 2 aromatic rings. The molecule has 0 aromatic carbocycles. The van der Waals surface area contributed by atoms with Crippen LogP contribution in [0.15, 0.2) is 24.5 Å². The summed E-state index contributed by atoms with van der Waals surface area (Å²) in [6.07, 6.45) is 4.85. The summed E-state index contributed by atoms with van der Waals surface area (Å²) in [5, 5.41) is 0. The van der Waals surface area contributed by atoms with Crippen molar-refractivity contribution in [1.82, 2.24) is 9.38 Å². The summed E-state index contributed by atoms with van der Waals surface area (Å²) in [5.41, 5.74) is 6.32. The monoisotopic (exact) mass is 193 g/mol. The predicted molar refractivity (Wildman–Crippen MR) is 52.5 cm³/mol. The van der Waals surface area contributed by atoms with Crippen LogP contribution < -0.4 is 5.73 Å². The zero-order valence-electron chi connectivity index (χ0n) is 7.78. The number of aromatic nitrogens is 2. The van der Waals surface area contributed by atoms with Crippen molar-refractivity contribution < 1.29 is 4.39 Å². The maximum atomic E-state index is 12.9. The number of aryl methyl sites for hydroxylation is 1. The van der Waals surface area contributed by atoms with Crippen LogP contribution in [0.1, 0.15) is 12.2 Å². The first-order valence-corrected chi connectivity index (χ1v) is 4.63. The molecule has 0 saturated heterocycles. The Morgan fingerprint density at radius 2 is 2.29 bits per heavy atom. The molecule has 0 aliphatic heterocycles. The standard InChI is InChI=1S/C10H12FN3/c11-8-3-4-9-6-13-10(2-1-5-12)14(9)7-8/h3-4,6-7H,1-2,5,12H2. The number of nitrogens with two attached hydrogens (primary N) is 1. The van der Waals surface area contributed by atoms with E-state index in [2.05, 4.69) is 4.98 Å². The van der Waals surface area contributed by atoms with E-state index >= 15 is 0 Å². The molecule has 0 unspecified atom stereocenters. The first kappa shape index (κ1) is 9.15. The average Bonchev–Trinajstić information content (AvgIpc) is 2.57. The van der Waals surface area contributed by atoms with E-state index in [0.29, 0.717) is 6.54 Å². The van der Waals surface area contributed by atoms with Gasteiger partial charge in [-0.15, -0.1) is 0 Å². The molecule has 0 amide bonds. The predicted octanol–water partition coefficient (Wildman–Crippen LogP) is 1.36. The Labute approximate surface area is 81.4 Å². The summed E-state index contributed by atoms with van der Waals surface area (Å²) in [4.78, 5) is 4.21. The summed E-state index contributed by atoms with van der Waals surface area (Å²) in [5.74, 6) is 0.620. The number of nitrogens with zero attached hydrogens (tertiary/aromatic N) is 2. The lowest BCUT2D eigenvalue weighted by Gasteiger charge is -1.99. The van der Waals surface area contributed by atoms with Crippen LogP contribution in [0.4, 0.5) is 4.39 Å². The largest absolute Gasteiger partial charge is 0.330 e. The van der Waals surface area contributed by atoms with Gasteiger partial charge in [0, 0.05) is 12.6 Å². The molecule has 2 N–H and O–H groups in total. The SMILES string of the molecule is NCCCc1ncc2ccc(F)cn12. The summed E-state index contributed by atoms with van der Waals surface area (Å²) >= 11 is 0. The molecular formula is C10H12FN3. The van der Waals surface area contributed by atoms with E-state index < -0.39 is 0 Å². The fourth-order valence-electron chi connectivity index (χ4n) is 1.46. The highest BCUT2D eigenvalue weighted by atomic mass is 19.1. The maximum absolute atomic E-state index is 12.9. The van der Waals surface area contributed by atoms with Crippen LogP contribution in [0.5, 0.6) is 0 Å². The molecule has 14 heavy (non-hydrogen) atoms. The molecule has 0 spiro atoms. The molecule has 0 saturated carbocycles. The molecule has 0 aliphatic rings. The number of pyridine rings is 1. The Morgan fingerprint density at radius 3 is 3.07 bits per heavy atom. The minimum absolute atomic E-state index is 0.246. The van der Waals surface area contributed by atoms with Gasteiger partial charge in [-0.05, 0) is 25.1 Å². The zero-order chi connectivity index (χ0) is 9.97. The summed E-state index contributed by atoms with van der Waals surface area (Å²) in [7, 11) is 0. The van der Waals surface area contributed by atoms with Crippen molar-refractivity contribution in [2.75, 3.05) is 6.54 Å². The van der Waals surface area contributed by atoms with E-state index in [9.17, 15) is 4.39 Å². The average molecular weight is 193 g/mol. The van der Waals surface area contributed by atoms with Crippen LogP contribution in [0.3, 0.4) is 0 Å². The topological polar surface area (TPSA) is 43.3 Å². The van der Waals surface area contributed by atoms with E-state index in [1.807, 2.05) is 0 Å². The third-order valence-electron chi connectivity index (χ3n) is 2.17. The number of hydrogen-bond acceptors (Lipinski definition) is 2. The molecule has 4 heteroatoms. The number of fused-ring (bicyclic) bond motifs is 1. The second kappa shape index (κ2) is 3.75. The molecule has 74 valence electrons. The number of hydrogen-bond donors (Lipinski definition) is 1. The molecule has 0 fully saturated rings. The Morgan fingerprint density at radius 1 is 1.43 bits per heavy atom. The number of imidazole rings is 1. The highest BCUT2D eigenvalue weighted by Crippen LogP contribution is 2.09. The van der Waals surface area contributed by atoms with E-state index in [1.165, 1.54) is 12.3 Å².